The molecule has 0 aromatic carbocycles. The van der Waals surface area contributed by atoms with Crippen LogP contribution in [0.4, 0.5) is 5.82 Å². The standard InChI is InChI=1S/C11H14BrClN2O2/c1-11(2)16-6-8(17-11)5-15-10-9(12)3-7(13)4-14-10/h3-4,8H,5-6H2,1-2H3,(H,14,15). The van der Waals surface area contributed by atoms with Gasteiger partial charge in [0.05, 0.1) is 16.1 Å². The van der Waals surface area contributed by atoms with Crippen molar-refractivity contribution in [2.24, 2.45) is 0 Å². The monoisotopic (exact) mass is 320 g/mol. The highest BCUT2D eigenvalue weighted by molar-refractivity contribution is 9.10. The molecule has 0 saturated carbocycles. The quantitative estimate of drug-likeness (QED) is 0.929. The number of halogens is 2. The summed E-state index contributed by atoms with van der Waals surface area (Å²) in [6.45, 7) is 5.05. The average Bonchev–Trinajstić information content (AvgIpc) is 2.57. The number of nitrogens with zero attached hydrogens (tertiary/aromatic N) is 1. The molecule has 1 aromatic heterocycles. The number of anilines is 1. The van der Waals surface area contributed by atoms with E-state index < -0.39 is 5.79 Å². The van der Waals surface area contributed by atoms with E-state index in [1.54, 1.807) is 12.3 Å². The van der Waals surface area contributed by atoms with Gasteiger partial charge in [-0.15, -0.1) is 0 Å². The Labute approximate surface area is 114 Å². The second-order valence-corrected chi connectivity index (χ2v) is 5.61. The van der Waals surface area contributed by atoms with E-state index in [9.17, 15) is 0 Å². The molecule has 2 heterocycles. The van der Waals surface area contributed by atoms with Gasteiger partial charge in [-0.1, -0.05) is 11.6 Å². The van der Waals surface area contributed by atoms with Crippen LogP contribution in [-0.2, 0) is 9.47 Å². The molecule has 0 spiro atoms. The van der Waals surface area contributed by atoms with Gasteiger partial charge in [-0.2, -0.15) is 0 Å². The summed E-state index contributed by atoms with van der Waals surface area (Å²) < 4.78 is 12.0. The minimum atomic E-state index is -0.489. The molecule has 1 saturated heterocycles. The van der Waals surface area contributed by atoms with Crippen LogP contribution in [0, 0.1) is 0 Å². The number of pyridine rings is 1. The molecule has 6 heteroatoms. The molecule has 1 unspecified atom stereocenters. The van der Waals surface area contributed by atoms with Crippen LogP contribution in [0.3, 0.4) is 0 Å². The minimum absolute atomic E-state index is 0.0365. The number of nitrogens with one attached hydrogen (secondary N) is 1. The molecule has 4 nitrogen and oxygen atoms in total. The Balaban J connectivity index is 1.90. The zero-order valence-corrected chi connectivity index (χ0v) is 12.0. The third kappa shape index (κ3) is 3.55. The lowest BCUT2D eigenvalue weighted by molar-refractivity contribution is -0.136. The Hall–Kier alpha value is -0.360. The zero-order chi connectivity index (χ0) is 12.5. The molecule has 1 N–H and O–H groups in total. The Morgan fingerprint density at radius 3 is 3.00 bits per heavy atom. The highest BCUT2D eigenvalue weighted by Gasteiger charge is 2.32. The second kappa shape index (κ2) is 5.10. The van der Waals surface area contributed by atoms with Crippen molar-refractivity contribution in [3.05, 3.63) is 21.8 Å². The molecular formula is C11H14BrClN2O2. The van der Waals surface area contributed by atoms with E-state index in [0.29, 0.717) is 18.2 Å². The highest BCUT2D eigenvalue weighted by atomic mass is 79.9. The second-order valence-electron chi connectivity index (χ2n) is 4.32. The fraction of sp³-hybridized carbons (Fsp3) is 0.545. The predicted octanol–water partition coefficient (Wildman–Crippen LogP) is 3.06. The Morgan fingerprint density at radius 2 is 2.41 bits per heavy atom. The van der Waals surface area contributed by atoms with Crippen LogP contribution in [-0.4, -0.2) is 30.0 Å². The Kier molecular flexibility index (Phi) is 3.92. The van der Waals surface area contributed by atoms with Crippen molar-refractivity contribution < 1.29 is 9.47 Å². The van der Waals surface area contributed by atoms with Crippen LogP contribution < -0.4 is 5.32 Å². The summed E-state index contributed by atoms with van der Waals surface area (Å²) in [6, 6.07) is 1.80. The maximum atomic E-state index is 5.82. The predicted molar refractivity (Wildman–Crippen MR) is 70.3 cm³/mol. The summed E-state index contributed by atoms with van der Waals surface area (Å²) in [5.74, 6) is 0.263. The molecule has 1 aliphatic heterocycles. The SMILES string of the molecule is CC1(C)OCC(CNc2ncc(Cl)cc2Br)O1. The normalized spacial score (nSPS) is 22.7. The first-order chi connectivity index (χ1) is 7.96. The van der Waals surface area contributed by atoms with E-state index in [0.717, 1.165) is 10.3 Å². The van der Waals surface area contributed by atoms with Crippen molar-refractivity contribution >= 4 is 33.3 Å². The van der Waals surface area contributed by atoms with Crippen molar-refractivity contribution in [1.29, 1.82) is 0 Å². The van der Waals surface area contributed by atoms with Gasteiger partial charge in [0.2, 0.25) is 0 Å². The summed E-state index contributed by atoms with van der Waals surface area (Å²) in [6.07, 6.45) is 1.64. The molecule has 0 radical (unpaired) electrons. The van der Waals surface area contributed by atoms with Gasteiger partial charge in [0.15, 0.2) is 5.79 Å². The number of aromatic nitrogens is 1. The van der Waals surface area contributed by atoms with Crippen LogP contribution in [0.25, 0.3) is 0 Å². The fourth-order valence-corrected chi connectivity index (χ4v) is 2.40. The maximum absolute atomic E-state index is 5.82. The van der Waals surface area contributed by atoms with E-state index >= 15 is 0 Å². The van der Waals surface area contributed by atoms with E-state index in [2.05, 4.69) is 26.2 Å². The van der Waals surface area contributed by atoms with Gasteiger partial charge < -0.3 is 14.8 Å². The van der Waals surface area contributed by atoms with E-state index in [-0.39, 0.29) is 6.10 Å². The third-order valence-electron chi connectivity index (χ3n) is 2.37. The first-order valence-electron chi connectivity index (χ1n) is 5.33. The third-order valence-corrected chi connectivity index (χ3v) is 3.18. The molecule has 1 aromatic rings. The van der Waals surface area contributed by atoms with Crippen LogP contribution in [0.2, 0.25) is 5.02 Å². The summed E-state index contributed by atoms with van der Waals surface area (Å²) in [5.41, 5.74) is 0. The first kappa shape index (κ1) is 13.1. The van der Waals surface area contributed by atoms with E-state index in [1.807, 2.05) is 13.8 Å². The summed E-state index contributed by atoms with van der Waals surface area (Å²) in [4.78, 5) is 4.19. The van der Waals surface area contributed by atoms with Crippen LogP contribution in [0.5, 0.6) is 0 Å². The summed E-state index contributed by atoms with van der Waals surface area (Å²) in [5, 5.41) is 3.80. The van der Waals surface area contributed by atoms with Gasteiger partial charge in [0.25, 0.3) is 0 Å². The van der Waals surface area contributed by atoms with Gasteiger partial charge in [0.1, 0.15) is 11.9 Å². The van der Waals surface area contributed by atoms with Gasteiger partial charge >= 0.3 is 0 Å². The van der Waals surface area contributed by atoms with Gasteiger partial charge in [0, 0.05) is 12.7 Å². The molecular weight excluding hydrogens is 307 g/mol. The Bertz CT molecular complexity index is 414. The smallest absolute Gasteiger partial charge is 0.163 e. The van der Waals surface area contributed by atoms with Crippen molar-refractivity contribution in [3.8, 4) is 0 Å². The van der Waals surface area contributed by atoms with E-state index in [4.69, 9.17) is 21.1 Å². The molecule has 1 atom stereocenters. The van der Waals surface area contributed by atoms with Crippen LogP contribution in [0.1, 0.15) is 13.8 Å². The van der Waals surface area contributed by atoms with Gasteiger partial charge in [-0.05, 0) is 35.8 Å². The largest absolute Gasteiger partial charge is 0.366 e. The molecule has 94 valence electrons. The zero-order valence-electron chi connectivity index (χ0n) is 9.67. The maximum Gasteiger partial charge on any atom is 0.163 e. The highest BCUT2D eigenvalue weighted by Crippen LogP contribution is 2.25. The number of rotatable bonds is 3. The van der Waals surface area contributed by atoms with Crippen molar-refractivity contribution in [1.82, 2.24) is 4.98 Å². The van der Waals surface area contributed by atoms with Gasteiger partial charge in [-0.25, -0.2) is 4.98 Å². The molecule has 0 aliphatic carbocycles. The first-order valence-corrected chi connectivity index (χ1v) is 6.50. The van der Waals surface area contributed by atoms with Crippen molar-refractivity contribution in [3.63, 3.8) is 0 Å². The topological polar surface area (TPSA) is 43.4 Å². The average molecular weight is 322 g/mol. The Morgan fingerprint density at radius 1 is 1.65 bits per heavy atom. The lowest BCUT2D eigenvalue weighted by atomic mass is 10.3. The number of hydrogen-bond acceptors (Lipinski definition) is 4. The fourth-order valence-electron chi connectivity index (χ4n) is 1.62. The van der Waals surface area contributed by atoms with Crippen LogP contribution >= 0.6 is 27.5 Å². The minimum Gasteiger partial charge on any atom is -0.366 e. The molecule has 1 fully saturated rings. The number of ether oxygens (including phenoxy) is 2. The van der Waals surface area contributed by atoms with E-state index in [1.165, 1.54) is 0 Å². The number of hydrogen-bond donors (Lipinski definition) is 1. The van der Waals surface area contributed by atoms with Crippen molar-refractivity contribution in [2.45, 2.75) is 25.7 Å². The lowest BCUT2D eigenvalue weighted by Crippen LogP contribution is -2.26. The molecule has 17 heavy (non-hydrogen) atoms. The summed E-state index contributed by atoms with van der Waals surface area (Å²) in [7, 11) is 0. The van der Waals surface area contributed by atoms with Crippen LogP contribution in [0.15, 0.2) is 16.7 Å². The molecule has 0 amide bonds. The van der Waals surface area contributed by atoms with Gasteiger partial charge in [-0.3, -0.25) is 0 Å². The molecule has 2 rings (SSSR count). The lowest BCUT2D eigenvalue weighted by Gasteiger charge is -2.17. The summed E-state index contributed by atoms with van der Waals surface area (Å²) >= 11 is 9.21. The molecule has 0 bridgehead atoms. The molecule has 1 aliphatic rings. The van der Waals surface area contributed by atoms with Crippen molar-refractivity contribution in [2.75, 3.05) is 18.5 Å².